The maximum Gasteiger partial charge on any atom is 0.243 e. The molecule has 0 spiro atoms. The molecule has 3 rings (SSSR count). The summed E-state index contributed by atoms with van der Waals surface area (Å²) in [7, 11) is -3.64. The summed E-state index contributed by atoms with van der Waals surface area (Å²) < 4.78 is 29.4. The van der Waals surface area contributed by atoms with E-state index < -0.39 is 10.0 Å². The molecule has 5 nitrogen and oxygen atoms in total. The fourth-order valence-corrected chi connectivity index (χ4v) is 4.55. The first-order valence-corrected chi connectivity index (χ1v) is 9.43. The fourth-order valence-electron chi connectivity index (χ4n) is 2.66. The van der Waals surface area contributed by atoms with Gasteiger partial charge in [0.05, 0.1) is 23.3 Å². The average molecular weight is 364 g/mol. The molecule has 0 radical (unpaired) electrons. The van der Waals surface area contributed by atoms with E-state index in [4.69, 9.17) is 11.6 Å². The van der Waals surface area contributed by atoms with Gasteiger partial charge in [0, 0.05) is 17.8 Å². The highest BCUT2D eigenvalue weighted by atomic mass is 35.5. The van der Waals surface area contributed by atoms with E-state index in [1.807, 2.05) is 35.7 Å². The van der Waals surface area contributed by atoms with Crippen molar-refractivity contribution >= 4 is 27.3 Å². The summed E-state index contributed by atoms with van der Waals surface area (Å²) in [4.78, 5) is 4.55. The fraction of sp³-hybridized carbons (Fsp3) is 0.235. The summed E-state index contributed by atoms with van der Waals surface area (Å²) in [5.41, 5.74) is 2.17. The van der Waals surface area contributed by atoms with Crippen molar-refractivity contribution in [1.29, 1.82) is 0 Å². The number of rotatable bonds is 5. The zero-order valence-corrected chi connectivity index (χ0v) is 15.0. The van der Waals surface area contributed by atoms with Crippen molar-refractivity contribution in [3.8, 4) is 0 Å². The van der Waals surface area contributed by atoms with Crippen molar-refractivity contribution in [2.75, 3.05) is 6.54 Å². The SMILES string of the molecule is CCN(Cc1cnc2ccccn12)S(=O)(=O)c1cccc(Cl)c1C. The van der Waals surface area contributed by atoms with E-state index in [0.717, 1.165) is 11.3 Å². The number of hydrogen-bond donors (Lipinski definition) is 0. The van der Waals surface area contributed by atoms with Gasteiger partial charge in [-0.3, -0.25) is 0 Å². The Morgan fingerprint density at radius 3 is 2.75 bits per heavy atom. The largest absolute Gasteiger partial charge is 0.303 e. The lowest BCUT2D eigenvalue weighted by molar-refractivity contribution is 0.417. The third kappa shape index (κ3) is 2.92. The van der Waals surface area contributed by atoms with Crippen molar-refractivity contribution in [1.82, 2.24) is 13.7 Å². The van der Waals surface area contributed by atoms with E-state index in [1.165, 1.54) is 4.31 Å². The van der Waals surface area contributed by atoms with Gasteiger partial charge in [-0.05, 0) is 36.8 Å². The van der Waals surface area contributed by atoms with Crippen molar-refractivity contribution < 1.29 is 8.42 Å². The number of pyridine rings is 1. The van der Waals surface area contributed by atoms with Crippen LogP contribution in [-0.2, 0) is 16.6 Å². The van der Waals surface area contributed by atoms with Crippen LogP contribution in [0.5, 0.6) is 0 Å². The Morgan fingerprint density at radius 1 is 1.21 bits per heavy atom. The number of nitrogens with zero attached hydrogens (tertiary/aromatic N) is 3. The minimum absolute atomic E-state index is 0.241. The standard InChI is InChI=1S/C17H18ClN3O2S/c1-3-20(12-14-11-19-17-9-4-5-10-21(14)17)24(22,23)16-8-6-7-15(18)13(16)2/h4-11H,3,12H2,1-2H3. The smallest absolute Gasteiger partial charge is 0.243 e. The molecule has 0 atom stereocenters. The zero-order valence-electron chi connectivity index (χ0n) is 13.5. The Kier molecular flexibility index (Phi) is 4.62. The van der Waals surface area contributed by atoms with Gasteiger partial charge in [-0.15, -0.1) is 0 Å². The molecule has 0 unspecified atom stereocenters. The molecule has 0 aliphatic heterocycles. The van der Waals surface area contributed by atoms with Crippen LogP contribution >= 0.6 is 11.6 Å². The average Bonchev–Trinajstić information content (AvgIpc) is 2.98. The minimum Gasteiger partial charge on any atom is -0.303 e. The Labute approximate surface area is 146 Å². The van der Waals surface area contributed by atoms with E-state index in [9.17, 15) is 8.42 Å². The lowest BCUT2D eigenvalue weighted by Gasteiger charge is -2.21. The van der Waals surface area contributed by atoms with Crippen molar-refractivity contribution in [2.45, 2.75) is 25.3 Å². The van der Waals surface area contributed by atoms with E-state index in [-0.39, 0.29) is 11.4 Å². The number of benzene rings is 1. The van der Waals surface area contributed by atoms with Crippen LogP contribution in [0.2, 0.25) is 5.02 Å². The van der Waals surface area contributed by atoms with Crippen LogP contribution in [0.3, 0.4) is 0 Å². The predicted molar refractivity (Wildman–Crippen MR) is 94.7 cm³/mol. The molecule has 0 N–H and O–H groups in total. The first-order chi connectivity index (χ1) is 11.4. The molecule has 0 aliphatic carbocycles. The molecule has 126 valence electrons. The normalized spacial score (nSPS) is 12.2. The van der Waals surface area contributed by atoms with E-state index in [1.54, 1.807) is 31.3 Å². The molecule has 0 saturated carbocycles. The van der Waals surface area contributed by atoms with Crippen LogP contribution in [0.4, 0.5) is 0 Å². The van der Waals surface area contributed by atoms with Crippen LogP contribution in [0.25, 0.3) is 5.65 Å². The first kappa shape index (κ1) is 17.0. The Balaban J connectivity index is 2.00. The van der Waals surface area contributed by atoms with E-state index in [2.05, 4.69) is 4.98 Å². The Hall–Kier alpha value is -1.89. The number of imidazole rings is 1. The summed E-state index contributed by atoms with van der Waals surface area (Å²) in [5.74, 6) is 0. The Bertz CT molecular complexity index is 982. The molecule has 0 bridgehead atoms. The van der Waals surface area contributed by atoms with Gasteiger partial charge in [0.15, 0.2) is 0 Å². The second-order valence-electron chi connectivity index (χ2n) is 5.47. The van der Waals surface area contributed by atoms with Gasteiger partial charge in [0.1, 0.15) is 5.65 Å². The highest BCUT2D eigenvalue weighted by Crippen LogP contribution is 2.26. The third-order valence-electron chi connectivity index (χ3n) is 4.02. The molecule has 0 saturated heterocycles. The predicted octanol–water partition coefficient (Wildman–Crippen LogP) is 3.51. The molecule has 1 aromatic carbocycles. The number of sulfonamides is 1. The lowest BCUT2D eigenvalue weighted by Crippen LogP contribution is -2.31. The second-order valence-corrected chi connectivity index (χ2v) is 7.79. The van der Waals surface area contributed by atoms with Crippen LogP contribution < -0.4 is 0 Å². The summed E-state index contributed by atoms with van der Waals surface area (Å²) in [6.45, 7) is 4.14. The first-order valence-electron chi connectivity index (χ1n) is 7.61. The summed E-state index contributed by atoms with van der Waals surface area (Å²) >= 11 is 6.09. The molecule has 3 aromatic rings. The number of halogens is 1. The van der Waals surface area contributed by atoms with E-state index in [0.29, 0.717) is 17.1 Å². The number of hydrogen-bond acceptors (Lipinski definition) is 3. The third-order valence-corrected chi connectivity index (χ3v) is 6.50. The summed E-state index contributed by atoms with van der Waals surface area (Å²) in [5, 5.41) is 0.446. The molecule has 7 heteroatoms. The Morgan fingerprint density at radius 2 is 2.00 bits per heavy atom. The van der Waals surface area contributed by atoms with Gasteiger partial charge in [-0.25, -0.2) is 13.4 Å². The molecule has 2 aromatic heterocycles. The minimum atomic E-state index is -3.64. The van der Waals surface area contributed by atoms with Gasteiger partial charge in [-0.2, -0.15) is 4.31 Å². The van der Waals surface area contributed by atoms with Gasteiger partial charge in [0.25, 0.3) is 0 Å². The van der Waals surface area contributed by atoms with Gasteiger partial charge < -0.3 is 4.40 Å². The van der Waals surface area contributed by atoms with Gasteiger partial charge >= 0.3 is 0 Å². The van der Waals surface area contributed by atoms with Crippen molar-refractivity contribution in [3.05, 3.63) is 65.1 Å². The molecule has 0 fully saturated rings. The van der Waals surface area contributed by atoms with Crippen LogP contribution in [-0.4, -0.2) is 28.7 Å². The quantitative estimate of drug-likeness (QED) is 0.697. The highest BCUT2D eigenvalue weighted by molar-refractivity contribution is 7.89. The molecular formula is C17H18ClN3O2S. The lowest BCUT2D eigenvalue weighted by atomic mass is 10.2. The molecule has 2 heterocycles. The van der Waals surface area contributed by atoms with Crippen LogP contribution in [0, 0.1) is 6.92 Å². The summed E-state index contributed by atoms with van der Waals surface area (Å²) in [6, 6.07) is 10.6. The number of fused-ring (bicyclic) bond motifs is 1. The topological polar surface area (TPSA) is 54.7 Å². The van der Waals surface area contributed by atoms with Gasteiger partial charge in [0.2, 0.25) is 10.0 Å². The maximum absolute atomic E-state index is 13.0. The molecular weight excluding hydrogens is 346 g/mol. The zero-order chi connectivity index (χ0) is 17.3. The van der Waals surface area contributed by atoms with Crippen LogP contribution in [0.1, 0.15) is 18.2 Å². The van der Waals surface area contributed by atoms with E-state index >= 15 is 0 Å². The van der Waals surface area contributed by atoms with Crippen molar-refractivity contribution in [2.24, 2.45) is 0 Å². The van der Waals surface area contributed by atoms with Crippen molar-refractivity contribution in [3.63, 3.8) is 0 Å². The molecule has 0 amide bonds. The summed E-state index contributed by atoms with van der Waals surface area (Å²) in [6.07, 6.45) is 3.58. The van der Waals surface area contributed by atoms with Gasteiger partial charge in [-0.1, -0.05) is 30.7 Å². The molecule has 24 heavy (non-hydrogen) atoms. The molecule has 0 aliphatic rings. The number of aromatic nitrogens is 2. The maximum atomic E-state index is 13.0. The highest BCUT2D eigenvalue weighted by Gasteiger charge is 2.26. The second kappa shape index (κ2) is 6.55. The monoisotopic (exact) mass is 363 g/mol. The van der Waals surface area contributed by atoms with Crippen LogP contribution in [0.15, 0.2) is 53.7 Å².